The van der Waals surface area contributed by atoms with Crippen LogP contribution in [-0.4, -0.2) is 19.6 Å². The SMILES string of the molecule is Cc1ccc2c(c1)c1c(c(=O)n(-c3ccccc3)c(=O)n1CC(=O)Nc1ccc(C)c(C)c1)n2C. The highest BCUT2D eigenvalue weighted by molar-refractivity contribution is 6.06. The number of anilines is 1. The van der Waals surface area contributed by atoms with Crippen LogP contribution in [0.3, 0.4) is 0 Å². The van der Waals surface area contributed by atoms with Gasteiger partial charge in [0.15, 0.2) is 0 Å². The lowest BCUT2D eigenvalue weighted by Crippen LogP contribution is -2.41. The lowest BCUT2D eigenvalue weighted by molar-refractivity contribution is -0.116. The summed E-state index contributed by atoms with van der Waals surface area (Å²) in [7, 11) is 1.81. The third-order valence-electron chi connectivity index (χ3n) is 6.53. The number of carbonyl (C=O) groups is 1. The van der Waals surface area contributed by atoms with Crippen LogP contribution in [0.4, 0.5) is 5.69 Å². The van der Waals surface area contributed by atoms with Crippen molar-refractivity contribution >= 4 is 33.5 Å². The highest BCUT2D eigenvalue weighted by Gasteiger charge is 2.22. The zero-order valence-corrected chi connectivity index (χ0v) is 20.1. The molecule has 0 saturated heterocycles. The highest BCUT2D eigenvalue weighted by Crippen LogP contribution is 2.27. The number of nitrogens with zero attached hydrogens (tertiary/aromatic N) is 3. The number of hydrogen-bond donors (Lipinski definition) is 1. The Labute approximate surface area is 201 Å². The second kappa shape index (κ2) is 8.43. The van der Waals surface area contributed by atoms with Crippen LogP contribution in [0.25, 0.3) is 27.6 Å². The smallest absolute Gasteiger partial charge is 0.336 e. The summed E-state index contributed by atoms with van der Waals surface area (Å²) >= 11 is 0. The molecule has 1 amide bonds. The molecule has 176 valence electrons. The standard InChI is InChI=1S/C28H26N4O3/c1-17-10-13-23-22(14-17)25-26(30(23)4)27(34)32(21-8-6-5-7-9-21)28(35)31(25)16-24(33)29-20-12-11-18(2)19(3)15-20/h5-15H,16H2,1-4H3,(H,29,33). The number of carbonyl (C=O) groups excluding carboxylic acids is 1. The van der Waals surface area contributed by atoms with Gasteiger partial charge in [0, 0.05) is 18.1 Å². The summed E-state index contributed by atoms with van der Waals surface area (Å²) in [6, 6.07) is 20.3. The van der Waals surface area contributed by atoms with Crippen molar-refractivity contribution in [3.05, 3.63) is 104 Å². The van der Waals surface area contributed by atoms with Gasteiger partial charge >= 0.3 is 5.69 Å². The molecule has 0 aliphatic heterocycles. The van der Waals surface area contributed by atoms with Crippen LogP contribution in [0.1, 0.15) is 16.7 Å². The van der Waals surface area contributed by atoms with E-state index in [0.717, 1.165) is 32.2 Å². The van der Waals surface area contributed by atoms with Crippen LogP contribution in [-0.2, 0) is 18.4 Å². The van der Waals surface area contributed by atoms with E-state index >= 15 is 0 Å². The van der Waals surface area contributed by atoms with E-state index in [4.69, 9.17) is 0 Å². The quantitative estimate of drug-likeness (QED) is 0.431. The fourth-order valence-corrected chi connectivity index (χ4v) is 4.58. The van der Waals surface area contributed by atoms with Crippen molar-refractivity contribution in [1.82, 2.24) is 13.7 Å². The molecule has 1 N–H and O–H groups in total. The van der Waals surface area contributed by atoms with Gasteiger partial charge in [-0.2, -0.15) is 0 Å². The number of hydrogen-bond acceptors (Lipinski definition) is 3. The third-order valence-corrected chi connectivity index (χ3v) is 6.53. The maximum atomic E-state index is 13.8. The molecule has 0 atom stereocenters. The lowest BCUT2D eigenvalue weighted by Gasteiger charge is -2.14. The van der Waals surface area contributed by atoms with Gasteiger partial charge < -0.3 is 9.88 Å². The number of para-hydroxylation sites is 1. The minimum absolute atomic E-state index is 0.234. The summed E-state index contributed by atoms with van der Waals surface area (Å²) in [6.07, 6.45) is 0. The molecule has 0 spiro atoms. The molecule has 0 unspecified atom stereocenters. The molecule has 0 aliphatic rings. The van der Waals surface area contributed by atoms with Gasteiger partial charge in [-0.25, -0.2) is 9.36 Å². The minimum Gasteiger partial charge on any atom is -0.338 e. The molecular weight excluding hydrogens is 440 g/mol. The second-order valence-corrected chi connectivity index (χ2v) is 8.97. The van der Waals surface area contributed by atoms with E-state index < -0.39 is 11.2 Å². The topological polar surface area (TPSA) is 78.0 Å². The molecule has 35 heavy (non-hydrogen) atoms. The summed E-state index contributed by atoms with van der Waals surface area (Å²) in [6.45, 7) is 5.71. The third kappa shape index (κ3) is 3.75. The maximum Gasteiger partial charge on any atom is 0.336 e. The summed E-state index contributed by atoms with van der Waals surface area (Å²) < 4.78 is 4.34. The first-order chi connectivity index (χ1) is 16.8. The first-order valence-corrected chi connectivity index (χ1v) is 11.4. The molecule has 0 aliphatic carbocycles. The van der Waals surface area contributed by atoms with Crippen LogP contribution in [0.5, 0.6) is 0 Å². The van der Waals surface area contributed by atoms with Crippen molar-refractivity contribution < 1.29 is 4.79 Å². The van der Waals surface area contributed by atoms with Gasteiger partial charge in [-0.3, -0.25) is 14.2 Å². The maximum absolute atomic E-state index is 13.8. The van der Waals surface area contributed by atoms with Gasteiger partial charge in [-0.1, -0.05) is 35.9 Å². The predicted octanol–water partition coefficient (Wildman–Crippen LogP) is 4.21. The van der Waals surface area contributed by atoms with Gasteiger partial charge in [0.2, 0.25) is 5.91 Å². The van der Waals surface area contributed by atoms with E-state index in [1.807, 2.05) is 63.2 Å². The first-order valence-electron chi connectivity index (χ1n) is 11.4. The zero-order chi connectivity index (χ0) is 24.9. The Bertz CT molecular complexity index is 1740. The Balaban J connectivity index is 1.75. The monoisotopic (exact) mass is 466 g/mol. The van der Waals surface area contributed by atoms with Crippen molar-refractivity contribution in [3.8, 4) is 5.69 Å². The van der Waals surface area contributed by atoms with Gasteiger partial charge in [0.25, 0.3) is 5.56 Å². The van der Waals surface area contributed by atoms with E-state index in [-0.39, 0.29) is 12.5 Å². The molecule has 0 bridgehead atoms. The Morgan fingerprint density at radius 3 is 2.31 bits per heavy atom. The molecule has 5 rings (SSSR count). The van der Waals surface area contributed by atoms with Gasteiger partial charge in [-0.15, -0.1) is 0 Å². The highest BCUT2D eigenvalue weighted by atomic mass is 16.2. The molecular formula is C28H26N4O3. The summed E-state index contributed by atoms with van der Waals surface area (Å²) in [4.78, 5) is 40.6. The van der Waals surface area contributed by atoms with E-state index in [1.165, 1.54) is 4.57 Å². The predicted molar refractivity (Wildman–Crippen MR) is 140 cm³/mol. The molecule has 0 saturated carbocycles. The lowest BCUT2D eigenvalue weighted by atomic mass is 10.1. The number of aryl methyl sites for hydroxylation is 4. The number of benzene rings is 3. The van der Waals surface area contributed by atoms with Crippen molar-refractivity contribution in [1.29, 1.82) is 0 Å². The normalized spacial score (nSPS) is 11.3. The Hall–Kier alpha value is -4.39. The first kappa shape index (κ1) is 22.4. The number of amides is 1. The van der Waals surface area contributed by atoms with E-state index in [9.17, 15) is 14.4 Å². The number of rotatable bonds is 4. The van der Waals surface area contributed by atoms with Gasteiger partial charge in [0.05, 0.1) is 16.7 Å². The fraction of sp³-hybridized carbons (Fsp3) is 0.179. The van der Waals surface area contributed by atoms with Crippen molar-refractivity contribution in [2.45, 2.75) is 27.3 Å². The fourth-order valence-electron chi connectivity index (χ4n) is 4.58. The van der Waals surface area contributed by atoms with Crippen LogP contribution in [0.2, 0.25) is 0 Å². The molecule has 7 heteroatoms. The molecule has 2 heterocycles. The van der Waals surface area contributed by atoms with Crippen molar-refractivity contribution in [2.24, 2.45) is 7.05 Å². The summed E-state index contributed by atoms with van der Waals surface area (Å²) in [5.74, 6) is -0.348. The molecule has 5 aromatic rings. The van der Waals surface area contributed by atoms with Crippen LogP contribution < -0.4 is 16.6 Å². The Morgan fingerprint density at radius 1 is 0.857 bits per heavy atom. The largest absolute Gasteiger partial charge is 0.338 e. The molecule has 0 radical (unpaired) electrons. The van der Waals surface area contributed by atoms with Crippen LogP contribution in [0.15, 0.2) is 76.3 Å². The minimum atomic E-state index is -0.557. The van der Waals surface area contributed by atoms with Crippen LogP contribution in [0, 0.1) is 20.8 Å². The van der Waals surface area contributed by atoms with E-state index in [1.54, 1.807) is 35.9 Å². The molecule has 2 aromatic heterocycles. The van der Waals surface area contributed by atoms with E-state index in [0.29, 0.717) is 22.4 Å². The average molecular weight is 467 g/mol. The Kier molecular flexibility index (Phi) is 5.40. The number of fused-ring (bicyclic) bond motifs is 3. The molecule has 7 nitrogen and oxygen atoms in total. The summed E-state index contributed by atoms with van der Waals surface area (Å²) in [5.41, 5.74) is 4.97. The number of aromatic nitrogens is 3. The average Bonchev–Trinajstić information content (AvgIpc) is 3.11. The van der Waals surface area contributed by atoms with E-state index in [2.05, 4.69) is 5.32 Å². The second-order valence-electron chi connectivity index (χ2n) is 8.97. The Morgan fingerprint density at radius 2 is 1.60 bits per heavy atom. The summed E-state index contributed by atoms with van der Waals surface area (Å²) in [5, 5.41) is 3.66. The van der Waals surface area contributed by atoms with Gasteiger partial charge in [-0.05, 0) is 68.3 Å². The van der Waals surface area contributed by atoms with Crippen molar-refractivity contribution in [2.75, 3.05) is 5.32 Å². The molecule has 3 aromatic carbocycles. The van der Waals surface area contributed by atoms with Crippen molar-refractivity contribution in [3.63, 3.8) is 0 Å². The van der Waals surface area contributed by atoms with Gasteiger partial charge in [0.1, 0.15) is 12.1 Å². The van der Waals surface area contributed by atoms with Crippen LogP contribution >= 0.6 is 0 Å². The number of nitrogens with one attached hydrogen (secondary N) is 1. The molecule has 0 fully saturated rings. The zero-order valence-electron chi connectivity index (χ0n) is 20.1.